The van der Waals surface area contributed by atoms with Crippen molar-refractivity contribution < 1.29 is 23.7 Å². The number of hydrogen-bond donors (Lipinski definition) is 2. The second kappa shape index (κ2) is 13.3. The summed E-state index contributed by atoms with van der Waals surface area (Å²) in [5.41, 5.74) is 3.74. The second-order valence-corrected chi connectivity index (χ2v) is 10.1. The molecule has 12 heteroatoms. The number of carbonyl (C=O) groups excluding carboxylic acids is 2. The smallest absolute Gasteiger partial charge is 0.270 e. The lowest BCUT2D eigenvalue weighted by molar-refractivity contribution is -0.384. The van der Waals surface area contributed by atoms with E-state index in [-0.39, 0.29) is 22.4 Å². The highest BCUT2D eigenvalue weighted by molar-refractivity contribution is 6.35. The zero-order chi connectivity index (χ0) is 28.7. The molecule has 0 aliphatic heterocycles. The van der Waals surface area contributed by atoms with Gasteiger partial charge >= 0.3 is 0 Å². The highest BCUT2D eigenvalue weighted by Gasteiger charge is 2.25. The first-order chi connectivity index (χ1) is 18.4. The van der Waals surface area contributed by atoms with Crippen LogP contribution in [-0.2, 0) is 9.59 Å². The number of ether oxygens (including phenoxy) is 1. The molecule has 0 spiro atoms. The van der Waals surface area contributed by atoms with Crippen LogP contribution in [0.3, 0.4) is 0 Å². The summed E-state index contributed by atoms with van der Waals surface area (Å²) in [6, 6.07) is 11.6. The van der Waals surface area contributed by atoms with Gasteiger partial charge in [-0.25, -0.2) is 5.43 Å². The molecule has 0 saturated carbocycles. The number of rotatable bonds is 11. The molecule has 3 rings (SSSR count). The number of nitro benzene ring substituents is 1. The van der Waals surface area contributed by atoms with Crippen LogP contribution in [0, 0.1) is 23.0 Å². The van der Waals surface area contributed by atoms with Crippen LogP contribution >= 0.6 is 23.2 Å². The quantitative estimate of drug-likeness (QED) is 0.166. The fourth-order valence-electron chi connectivity index (χ4n) is 3.60. The molecule has 10 nitrogen and oxygen atoms in total. The molecule has 2 atom stereocenters. The van der Waals surface area contributed by atoms with Gasteiger partial charge in [0, 0.05) is 22.7 Å². The molecule has 1 heterocycles. The Bertz CT molecular complexity index is 1390. The molecule has 2 amide bonds. The van der Waals surface area contributed by atoms with Crippen LogP contribution in [0.1, 0.15) is 38.5 Å². The van der Waals surface area contributed by atoms with E-state index in [0.717, 1.165) is 5.56 Å². The number of non-ortho nitro benzene ring substituents is 1. The number of furan rings is 1. The van der Waals surface area contributed by atoms with E-state index >= 15 is 0 Å². The third-order valence-electron chi connectivity index (χ3n) is 5.60. The Hall–Kier alpha value is -3.89. The third kappa shape index (κ3) is 8.30. The number of nitrogens with one attached hydrogen (secondary N) is 2. The number of nitrogens with zero attached hydrogens (tertiary/aromatic N) is 2. The van der Waals surface area contributed by atoms with Crippen molar-refractivity contribution in [1.29, 1.82) is 0 Å². The third-order valence-corrected chi connectivity index (χ3v) is 6.13. The Kier molecular flexibility index (Phi) is 10.1. The largest absolute Gasteiger partial charge is 0.479 e. The minimum absolute atomic E-state index is 0.0521. The molecule has 0 saturated heterocycles. The Morgan fingerprint density at radius 3 is 2.51 bits per heavy atom. The fourth-order valence-corrected chi connectivity index (χ4v) is 4.05. The van der Waals surface area contributed by atoms with Crippen LogP contribution in [0.25, 0.3) is 11.3 Å². The number of carbonyl (C=O) groups is 2. The van der Waals surface area contributed by atoms with E-state index in [2.05, 4.69) is 15.8 Å². The van der Waals surface area contributed by atoms with Gasteiger partial charge in [0.25, 0.3) is 17.5 Å². The van der Waals surface area contributed by atoms with Crippen molar-refractivity contribution >= 4 is 46.9 Å². The highest BCUT2D eigenvalue weighted by atomic mass is 35.5. The molecule has 39 heavy (non-hydrogen) atoms. The molecule has 0 radical (unpaired) electrons. The van der Waals surface area contributed by atoms with Gasteiger partial charge in [-0.05, 0) is 62.1 Å². The van der Waals surface area contributed by atoms with Crippen molar-refractivity contribution in [2.75, 3.05) is 0 Å². The maximum atomic E-state index is 12.8. The Morgan fingerprint density at radius 2 is 1.85 bits per heavy atom. The lowest BCUT2D eigenvalue weighted by Crippen LogP contribution is -2.49. The summed E-state index contributed by atoms with van der Waals surface area (Å²) >= 11 is 12.0. The molecule has 0 unspecified atom stereocenters. The number of hydrogen-bond acceptors (Lipinski definition) is 7. The van der Waals surface area contributed by atoms with Crippen LogP contribution in [-0.4, -0.2) is 35.1 Å². The molecule has 0 bridgehead atoms. The number of benzene rings is 2. The summed E-state index contributed by atoms with van der Waals surface area (Å²) in [7, 11) is 0. The molecule has 2 N–H and O–H groups in total. The summed E-state index contributed by atoms with van der Waals surface area (Å²) in [6.07, 6.45) is 0.725. The SMILES string of the molecule is Cc1ccc([N+](=O)[O-])cc1-c1ccc(/C=N\NC(=O)[C@@H](CC(C)C)NC(=O)[C@@H](C)Oc2ccc(Cl)cc2Cl)o1. The monoisotopic (exact) mass is 574 g/mol. The van der Waals surface area contributed by atoms with E-state index < -0.39 is 28.9 Å². The predicted molar refractivity (Wildman–Crippen MR) is 149 cm³/mol. The van der Waals surface area contributed by atoms with Gasteiger partial charge in [0.05, 0.1) is 16.2 Å². The first-order valence-corrected chi connectivity index (χ1v) is 12.8. The molecule has 3 aromatic rings. The minimum Gasteiger partial charge on any atom is -0.479 e. The standard InChI is InChI=1S/C27H28Cl2N4O6/c1-15(2)11-23(31-26(34)17(4)38-25-9-6-18(28)12-22(25)29)27(35)32-30-14-20-8-10-24(39-20)21-13-19(33(36)37)7-5-16(21)3/h5-10,12-15,17,23H,11H2,1-4H3,(H,31,34)(H,32,35)/b30-14-/t17-,23-/m1/s1. The minimum atomic E-state index is -0.937. The van der Waals surface area contributed by atoms with E-state index in [9.17, 15) is 19.7 Å². The molecular weight excluding hydrogens is 547 g/mol. The maximum Gasteiger partial charge on any atom is 0.270 e. The van der Waals surface area contributed by atoms with E-state index in [1.54, 1.807) is 37.3 Å². The molecule has 2 aromatic carbocycles. The first-order valence-electron chi connectivity index (χ1n) is 12.0. The Balaban J connectivity index is 1.64. The van der Waals surface area contributed by atoms with Gasteiger partial charge in [0.2, 0.25) is 0 Å². The van der Waals surface area contributed by atoms with Gasteiger partial charge in [-0.2, -0.15) is 5.10 Å². The van der Waals surface area contributed by atoms with E-state index in [1.165, 1.54) is 24.4 Å². The number of amides is 2. The summed E-state index contributed by atoms with van der Waals surface area (Å²) in [6.45, 7) is 7.20. The van der Waals surface area contributed by atoms with Crippen molar-refractivity contribution in [1.82, 2.24) is 10.7 Å². The molecular formula is C27H28Cl2N4O6. The van der Waals surface area contributed by atoms with Gasteiger partial charge in [-0.3, -0.25) is 19.7 Å². The zero-order valence-electron chi connectivity index (χ0n) is 21.7. The van der Waals surface area contributed by atoms with Crippen molar-refractivity contribution in [3.8, 4) is 17.1 Å². The average Bonchev–Trinajstić information content (AvgIpc) is 3.33. The van der Waals surface area contributed by atoms with E-state index in [1.807, 2.05) is 20.8 Å². The van der Waals surface area contributed by atoms with Crippen LogP contribution in [0.15, 0.2) is 58.0 Å². The molecule has 1 aromatic heterocycles. The van der Waals surface area contributed by atoms with Crippen molar-refractivity contribution in [2.45, 2.75) is 46.3 Å². The average molecular weight is 575 g/mol. The summed E-state index contributed by atoms with van der Waals surface area (Å²) in [4.78, 5) is 36.2. The van der Waals surface area contributed by atoms with Gasteiger partial charge in [0.1, 0.15) is 23.3 Å². The predicted octanol–water partition coefficient (Wildman–Crippen LogP) is 5.92. The van der Waals surface area contributed by atoms with Gasteiger partial charge in [0.15, 0.2) is 6.10 Å². The Morgan fingerprint density at radius 1 is 1.10 bits per heavy atom. The molecule has 0 fully saturated rings. The van der Waals surface area contributed by atoms with E-state index in [0.29, 0.717) is 28.5 Å². The summed E-state index contributed by atoms with van der Waals surface area (Å²) in [5, 5.41) is 18.4. The van der Waals surface area contributed by atoms with Gasteiger partial charge in [-0.15, -0.1) is 0 Å². The lowest BCUT2D eigenvalue weighted by atomic mass is 10.0. The zero-order valence-corrected chi connectivity index (χ0v) is 23.2. The topological polar surface area (TPSA) is 136 Å². The summed E-state index contributed by atoms with van der Waals surface area (Å²) in [5.74, 6) is 0.0976. The van der Waals surface area contributed by atoms with Crippen LogP contribution < -0.4 is 15.5 Å². The lowest BCUT2D eigenvalue weighted by Gasteiger charge is -2.22. The van der Waals surface area contributed by atoms with Crippen molar-refractivity contribution in [3.05, 3.63) is 80.0 Å². The molecule has 0 aliphatic rings. The second-order valence-electron chi connectivity index (χ2n) is 9.22. The maximum absolute atomic E-state index is 12.8. The first kappa shape index (κ1) is 29.7. The van der Waals surface area contributed by atoms with Crippen LogP contribution in [0.4, 0.5) is 5.69 Å². The van der Waals surface area contributed by atoms with Gasteiger partial charge < -0.3 is 14.5 Å². The van der Waals surface area contributed by atoms with Gasteiger partial charge in [-0.1, -0.05) is 43.1 Å². The van der Waals surface area contributed by atoms with Crippen molar-refractivity contribution in [2.24, 2.45) is 11.0 Å². The summed E-state index contributed by atoms with van der Waals surface area (Å²) < 4.78 is 11.4. The van der Waals surface area contributed by atoms with Crippen LogP contribution in [0.2, 0.25) is 10.0 Å². The number of aryl methyl sites for hydroxylation is 1. The van der Waals surface area contributed by atoms with E-state index in [4.69, 9.17) is 32.4 Å². The van der Waals surface area contributed by atoms with Crippen LogP contribution in [0.5, 0.6) is 5.75 Å². The molecule has 0 aliphatic carbocycles. The normalized spacial score (nSPS) is 12.8. The number of halogens is 2. The number of nitro groups is 1. The highest BCUT2D eigenvalue weighted by Crippen LogP contribution is 2.29. The van der Waals surface area contributed by atoms with Crippen molar-refractivity contribution in [3.63, 3.8) is 0 Å². The Labute approximate surface area is 235 Å². The molecule has 206 valence electrons. The fraction of sp³-hybridized carbons (Fsp3) is 0.296. The number of hydrazone groups is 1.